The first-order valence-corrected chi connectivity index (χ1v) is 10.2. The van der Waals surface area contributed by atoms with Gasteiger partial charge < -0.3 is 14.5 Å². The highest BCUT2D eigenvalue weighted by Crippen LogP contribution is 2.23. The molecule has 0 spiro atoms. The smallest absolute Gasteiger partial charge is 0.307 e. The number of hydrogen-bond acceptors (Lipinski definition) is 4. The van der Waals surface area contributed by atoms with Gasteiger partial charge in [-0.2, -0.15) is 0 Å². The summed E-state index contributed by atoms with van der Waals surface area (Å²) in [6.07, 6.45) is 0.330. The Labute approximate surface area is 177 Å². The van der Waals surface area contributed by atoms with Gasteiger partial charge in [-0.3, -0.25) is 14.4 Å². The number of carbonyl (C=O) groups is 3. The summed E-state index contributed by atoms with van der Waals surface area (Å²) in [6.45, 7) is 3.59. The number of amides is 2. The number of nitrogens with zero attached hydrogens (tertiary/aromatic N) is 2. The van der Waals surface area contributed by atoms with E-state index in [0.717, 1.165) is 11.1 Å². The van der Waals surface area contributed by atoms with Gasteiger partial charge in [0.15, 0.2) is 0 Å². The Bertz CT molecular complexity index is 880. The maximum atomic E-state index is 13.2. The minimum Gasteiger partial charge on any atom is -0.469 e. The van der Waals surface area contributed by atoms with E-state index in [0.29, 0.717) is 19.6 Å². The van der Waals surface area contributed by atoms with Crippen molar-refractivity contribution in [1.82, 2.24) is 9.80 Å². The van der Waals surface area contributed by atoms with E-state index in [2.05, 4.69) is 0 Å². The minimum atomic E-state index is -0.399. The van der Waals surface area contributed by atoms with Crippen LogP contribution in [0.25, 0.3) is 0 Å². The average Bonchev–Trinajstić information content (AvgIpc) is 3.12. The molecule has 0 saturated carbocycles. The molecule has 0 radical (unpaired) electrons. The van der Waals surface area contributed by atoms with E-state index in [1.54, 1.807) is 9.80 Å². The normalized spacial score (nSPS) is 15.9. The summed E-state index contributed by atoms with van der Waals surface area (Å²) in [5.74, 6) is -0.863. The van der Waals surface area contributed by atoms with Gasteiger partial charge in [0, 0.05) is 32.6 Å². The van der Waals surface area contributed by atoms with E-state index in [9.17, 15) is 14.4 Å². The third-order valence-electron chi connectivity index (χ3n) is 5.40. The Morgan fingerprint density at radius 2 is 1.77 bits per heavy atom. The lowest BCUT2D eigenvalue weighted by Gasteiger charge is -2.25. The van der Waals surface area contributed by atoms with Crippen LogP contribution >= 0.6 is 0 Å². The molecule has 1 unspecified atom stereocenters. The maximum Gasteiger partial charge on any atom is 0.307 e. The average molecular weight is 408 g/mol. The molecule has 1 heterocycles. The van der Waals surface area contributed by atoms with Crippen LogP contribution in [0.1, 0.15) is 29.5 Å². The van der Waals surface area contributed by atoms with Crippen molar-refractivity contribution in [3.8, 4) is 0 Å². The van der Waals surface area contributed by atoms with Crippen molar-refractivity contribution in [2.24, 2.45) is 5.92 Å². The van der Waals surface area contributed by atoms with Gasteiger partial charge in [0.2, 0.25) is 11.8 Å². The monoisotopic (exact) mass is 408 g/mol. The number of ether oxygens (including phenoxy) is 1. The molecule has 6 nitrogen and oxygen atoms in total. The number of methoxy groups -OCH3 is 1. The molecule has 158 valence electrons. The van der Waals surface area contributed by atoms with Crippen LogP contribution in [0.4, 0.5) is 0 Å². The van der Waals surface area contributed by atoms with Crippen molar-refractivity contribution in [3.05, 3.63) is 71.3 Å². The zero-order valence-corrected chi connectivity index (χ0v) is 17.5. The Kier molecular flexibility index (Phi) is 7.22. The van der Waals surface area contributed by atoms with Gasteiger partial charge in [0.25, 0.3) is 0 Å². The highest BCUT2D eigenvalue weighted by molar-refractivity contribution is 5.89. The lowest BCUT2D eigenvalue weighted by Crippen LogP contribution is -2.38. The number of benzene rings is 2. The van der Waals surface area contributed by atoms with Gasteiger partial charge in [0.05, 0.1) is 19.4 Å². The zero-order chi connectivity index (χ0) is 21.5. The summed E-state index contributed by atoms with van der Waals surface area (Å²) in [5.41, 5.74) is 3.20. The van der Waals surface area contributed by atoms with Crippen molar-refractivity contribution in [2.75, 3.05) is 20.2 Å². The molecular formula is C24H28N2O4. The Morgan fingerprint density at radius 1 is 1.07 bits per heavy atom. The fourth-order valence-electron chi connectivity index (χ4n) is 3.66. The second-order valence-corrected chi connectivity index (χ2v) is 7.73. The molecule has 0 bridgehead atoms. The van der Waals surface area contributed by atoms with E-state index in [-0.39, 0.29) is 37.2 Å². The van der Waals surface area contributed by atoms with E-state index < -0.39 is 5.92 Å². The van der Waals surface area contributed by atoms with E-state index in [1.807, 2.05) is 61.5 Å². The highest BCUT2D eigenvalue weighted by atomic mass is 16.5. The molecule has 0 N–H and O–H groups in total. The van der Waals surface area contributed by atoms with Gasteiger partial charge in [-0.1, -0.05) is 60.2 Å². The number of likely N-dealkylation sites (tertiary alicyclic amines) is 1. The Morgan fingerprint density at radius 3 is 2.43 bits per heavy atom. The SMILES string of the molecule is COC(=O)CCN(Cc1ccccc1)C(=O)C1CC(=O)N(Cc2ccc(C)cc2)C1. The van der Waals surface area contributed by atoms with Gasteiger partial charge in [0.1, 0.15) is 0 Å². The summed E-state index contributed by atoms with van der Waals surface area (Å²) >= 11 is 0. The lowest BCUT2D eigenvalue weighted by molar-refractivity contribution is -0.142. The standard InChI is InChI=1S/C24H28N2O4/c1-18-8-10-20(11-9-18)16-26-17-21(14-22(26)27)24(29)25(13-12-23(28)30-2)15-19-6-4-3-5-7-19/h3-11,21H,12-17H2,1-2H3. The molecule has 1 aliphatic heterocycles. The fraction of sp³-hybridized carbons (Fsp3) is 0.375. The summed E-state index contributed by atoms with van der Waals surface area (Å²) < 4.78 is 4.73. The first-order chi connectivity index (χ1) is 14.5. The summed E-state index contributed by atoms with van der Waals surface area (Å²) in [7, 11) is 1.34. The zero-order valence-electron chi connectivity index (χ0n) is 17.5. The predicted molar refractivity (Wildman–Crippen MR) is 113 cm³/mol. The second kappa shape index (κ2) is 10.1. The van der Waals surface area contributed by atoms with Crippen LogP contribution in [0.15, 0.2) is 54.6 Å². The van der Waals surface area contributed by atoms with Crippen molar-refractivity contribution in [3.63, 3.8) is 0 Å². The quantitative estimate of drug-likeness (QED) is 0.630. The summed E-state index contributed by atoms with van der Waals surface area (Å²) in [5, 5.41) is 0. The molecular weight excluding hydrogens is 380 g/mol. The number of hydrogen-bond donors (Lipinski definition) is 0. The van der Waals surface area contributed by atoms with Crippen LogP contribution < -0.4 is 0 Å². The summed E-state index contributed by atoms with van der Waals surface area (Å²) in [6, 6.07) is 17.7. The molecule has 0 aromatic heterocycles. The molecule has 1 fully saturated rings. The number of carbonyl (C=O) groups excluding carboxylic acids is 3. The van der Waals surface area contributed by atoms with Gasteiger partial charge >= 0.3 is 5.97 Å². The number of esters is 1. The molecule has 1 aliphatic rings. The molecule has 1 saturated heterocycles. The minimum absolute atomic E-state index is 0.0124. The molecule has 2 aromatic carbocycles. The largest absolute Gasteiger partial charge is 0.469 e. The fourth-order valence-corrected chi connectivity index (χ4v) is 3.66. The molecule has 3 rings (SSSR count). The summed E-state index contributed by atoms with van der Waals surface area (Å²) in [4.78, 5) is 40.8. The Balaban J connectivity index is 1.67. The van der Waals surface area contributed by atoms with Crippen molar-refractivity contribution < 1.29 is 19.1 Å². The Hall–Kier alpha value is -3.15. The maximum absolute atomic E-state index is 13.2. The first kappa shape index (κ1) is 21.6. The van der Waals surface area contributed by atoms with E-state index in [1.165, 1.54) is 12.7 Å². The van der Waals surface area contributed by atoms with Gasteiger partial charge in [-0.15, -0.1) is 0 Å². The predicted octanol–water partition coefficient (Wildman–Crippen LogP) is 2.94. The van der Waals surface area contributed by atoms with Crippen LogP contribution in [0.3, 0.4) is 0 Å². The van der Waals surface area contributed by atoms with Crippen LogP contribution in [0, 0.1) is 12.8 Å². The van der Waals surface area contributed by atoms with Gasteiger partial charge in [-0.25, -0.2) is 0 Å². The third-order valence-corrected chi connectivity index (χ3v) is 5.40. The molecule has 0 aliphatic carbocycles. The number of aryl methyl sites for hydroxylation is 1. The van der Waals surface area contributed by atoms with Gasteiger partial charge in [-0.05, 0) is 18.1 Å². The van der Waals surface area contributed by atoms with E-state index in [4.69, 9.17) is 4.74 Å². The van der Waals surface area contributed by atoms with Crippen LogP contribution in [0.5, 0.6) is 0 Å². The van der Waals surface area contributed by atoms with Crippen LogP contribution in [0.2, 0.25) is 0 Å². The molecule has 2 amide bonds. The van der Waals surface area contributed by atoms with Crippen molar-refractivity contribution >= 4 is 17.8 Å². The molecule has 1 atom stereocenters. The lowest BCUT2D eigenvalue weighted by atomic mass is 10.1. The third kappa shape index (κ3) is 5.69. The highest BCUT2D eigenvalue weighted by Gasteiger charge is 2.36. The van der Waals surface area contributed by atoms with Crippen molar-refractivity contribution in [1.29, 1.82) is 0 Å². The second-order valence-electron chi connectivity index (χ2n) is 7.73. The van der Waals surface area contributed by atoms with Crippen LogP contribution in [-0.2, 0) is 32.2 Å². The number of rotatable bonds is 8. The first-order valence-electron chi connectivity index (χ1n) is 10.2. The van der Waals surface area contributed by atoms with Crippen molar-refractivity contribution in [2.45, 2.75) is 32.9 Å². The topological polar surface area (TPSA) is 66.9 Å². The van der Waals surface area contributed by atoms with E-state index >= 15 is 0 Å². The van der Waals surface area contributed by atoms with Crippen LogP contribution in [-0.4, -0.2) is 47.8 Å². The molecule has 6 heteroatoms. The molecule has 2 aromatic rings. The molecule has 30 heavy (non-hydrogen) atoms.